The maximum atomic E-state index is 13.3. The highest BCUT2D eigenvalue weighted by Gasteiger charge is 2.19. The third kappa shape index (κ3) is 4.59. The minimum Gasteiger partial charge on any atom is -0.325 e. The van der Waals surface area contributed by atoms with Gasteiger partial charge in [0.25, 0.3) is 5.56 Å². The molecule has 1 atom stereocenters. The molecule has 1 heterocycles. The van der Waals surface area contributed by atoms with Gasteiger partial charge in [0.05, 0.1) is 16.2 Å². The molecule has 0 aliphatic carbocycles. The first-order chi connectivity index (χ1) is 13.5. The molecular formula is C21H22FN3O2S. The van der Waals surface area contributed by atoms with Gasteiger partial charge in [0.2, 0.25) is 5.91 Å². The van der Waals surface area contributed by atoms with Crippen molar-refractivity contribution in [2.75, 3.05) is 5.32 Å². The Kier molecular flexibility index (Phi) is 6.46. The van der Waals surface area contributed by atoms with Crippen molar-refractivity contribution in [1.82, 2.24) is 9.55 Å². The molecule has 0 spiro atoms. The molecule has 1 amide bonds. The summed E-state index contributed by atoms with van der Waals surface area (Å²) in [5.74, 6) is -0.692. The van der Waals surface area contributed by atoms with Gasteiger partial charge in [-0.25, -0.2) is 9.37 Å². The quantitative estimate of drug-likeness (QED) is 0.471. The predicted octanol–water partition coefficient (Wildman–Crippen LogP) is 4.46. The Morgan fingerprint density at radius 2 is 2.04 bits per heavy atom. The van der Waals surface area contributed by atoms with E-state index in [-0.39, 0.29) is 11.5 Å². The zero-order valence-corrected chi connectivity index (χ0v) is 16.6. The largest absolute Gasteiger partial charge is 0.325 e. The molecule has 3 rings (SSSR count). The highest BCUT2D eigenvalue weighted by atomic mass is 32.2. The van der Waals surface area contributed by atoms with Crippen molar-refractivity contribution in [3.05, 3.63) is 64.7 Å². The summed E-state index contributed by atoms with van der Waals surface area (Å²) in [5.41, 5.74) is 0.909. The molecule has 3 aromatic rings. The van der Waals surface area contributed by atoms with Gasteiger partial charge in [0, 0.05) is 12.2 Å². The Morgan fingerprint density at radius 1 is 1.25 bits per heavy atom. The zero-order chi connectivity index (χ0) is 20.1. The number of aromatic nitrogens is 2. The van der Waals surface area contributed by atoms with Crippen molar-refractivity contribution >= 4 is 34.3 Å². The number of halogens is 1. The van der Waals surface area contributed by atoms with Gasteiger partial charge in [-0.1, -0.05) is 43.3 Å². The maximum Gasteiger partial charge on any atom is 0.262 e. The van der Waals surface area contributed by atoms with E-state index < -0.39 is 11.1 Å². The second-order valence-corrected chi connectivity index (χ2v) is 7.79. The number of hydrogen-bond acceptors (Lipinski definition) is 4. The summed E-state index contributed by atoms with van der Waals surface area (Å²) >= 11 is 1.23. The molecule has 0 bridgehead atoms. The van der Waals surface area contributed by atoms with E-state index in [2.05, 4.69) is 17.2 Å². The number of amides is 1. The van der Waals surface area contributed by atoms with E-state index in [1.807, 2.05) is 12.1 Å². The first-order valence-electron chi connectivity index (χ1n) is 9.22. The number of hydrogen-bond donors (Lipinski definition) is 1. The average molecular weight is 399 g/mol. The van der Waals surface area contributed by atoms with Crippen molar-refractivity contribution in [3.8, 4) is 0 Å². The van der Waals surface area contributed by atoms with Crippen LogP contribution in [0.4, 0.5) is 10.1 Å². The molecule has 0 aliphatic heterocycles. The van der Waals surface area contributed by atoms with Crippen LogP contribution in [0.1, 0.15) is 26.7 Å². The maximum absolute atomic E-state index is 13.3. The van der Waals surface area contributed by atoms with Crippen molar-refractivity contribution < 1.29 is 9.18 Å². The van der Waals surface area contributed by atoms with E-state index in [1.54, 1.807) is 29.7 Å². The van der Waals surface area contributed by atoms with Crippen molar-refractivity contribution in [1.29, 1.82) is 0 Å². The molecule has 1 aromatic heterocycles. The molecule has 0 saturated carbocycles. The lowest BCUT2D eigenvalue weighted by molar-refractivity contribution is -0.115. The molecular weight excluding hydrogens is 377 g/mol. The van der Waals surface area contributed by atoms with Crippen LogP contribution in [0.25, 0.3) is 10.9 Å². The number of nitrogens with one attached hydrogen (secondary N) is 1. The van der Waals surface area contributed by atoms with Crippen molar-refractivity contribution in [2.45, 2.75) is 43.6 Å². The summed E-state index contributed by atoms with van der Waals surface area (Å²) < 4.78 is 15.0. The second-order valence-electron chi connectivity index (χ2n) is 6.48. The molecule has 1 N–H and O–H groups in total. The van der Waals surface area contributed by atoms with Crippen molar-refractivity contribution in [3.63, 3.8) is 0 Å². The number of rotatable bonds is 7. The molecule has 2 aromatic carbocycles. The van der Waals surface area contributed by atoms with Crippen LogP contribution >= 0.6 is 11.8 Å². The Labute approximate surface area is 167 Å². The number of anilines is 1. The van der Waals surface area contributed by atoms with E-state index in [0.717, 1.165) is 12.8 Å². The van der Waals surface area contributed by atoms with Gasteiger partial charge in [-0.3, -0.25) is 14.2 Å². The smallest absolute Gasteiger partial charge is 0.262 e. The molecule has 28 heavy (non-hydrogen) atoms. The van der Waals surface area contributed by atoms with E-state index in [9.17, 15) is 14.0 Å². The van der Waals surface area contributed by atoms with E-state index in [0.29, 0.717) is 28.3 Å². The number of nitrogens with zero attached hydrogens (tertiary/aromatic N) is 2. The van der Waals surface area contributed by atoms with Crippen LogP contribution in [0, 0.1) is 5.82 Å². The number of carbonyl (C=O) groups is 1. The Bertz CT molecular complexity index is 1050. The number of para-hydroxylation sites is 1. The number of benzene rings is 2. The van der Waals surface area contributed by atoms with Crippen LogP contribution in [0.2, 0.25) is 0 Å². The Morgan fingerprint density at radius 3 is 2.79 bits per heavy atom. The lowest BCUT2D eigenvalue weighted by Crippen LogP contribution is -2.27. The summed E-state index contributed by atoms with van der Waals surface area (Å²) in [5, 5.41) is 3.27. The van der Waals surface area contributed by atoms with Crippen LogP contribution in [0.3, 0.4) is 0 Å². The summed E-state index contributed by atoms with van der Waals surface area (Å²) in [6.45, 7) is 4.35. The first-order valence-corrected chi connectivity index (χ1v) is 10.1. The van der Waals surface area contributed by atoms with Crippen LogP contribution in [-0.4, -0.2) is 20.7 Å². The molecule has 0 fully saturated rings. The third-order valence-corrected chi connectivity index (χ3v) is 5.40. The van der Waals surface area contributed by atoms with Crippen LogP contribution in [0.5, 0.6) is 0 Å². The Hall–Kier alpha value is -2.67. The fraction of sp³-hybridized carbons (Fsp3) is 0.286. The molecule has 146 valence electrons. The highest BCUT2D eigenvalue weighted by Crippen LogP contribution is 2.24. The number of thioether (sulfide) groups is 1. The first kappa shape index (κ1) is 20.1. The molecule has 5 nitrogen and oxygen atoms in total. The summed E-state index contributed by atoms with van der Waals surface area (Å²) in [6.07, 6.45) is 1.79. The molecule has 0 saturated heterocycles. The van der Waals surface area contributed by atoms with Gasteiger partial charge in [0.1, 0.15) is 5.82 Å². The fourth-order valence-electron chi connectivity index (χ4n) is 2.77. The SMILES string of the molecule is CCCCn1c(SC(C)C(=O)Nc2cccc(F)c2)nc2ccccc2c1=O. The average Bonchev–Trinajstić information content (AvgIpc) is 2.68. The second kappa shape index (κ2) is 9.01. The lowest BCUT2D eigenvalue weighted by Gasteiger charge is -2.16. The highest BCUT2D eigenvalue weighted by molar-refractivity contribution is 8.00. The van der Waals surface area contributed by atoms with E-state index >= 15 is 0 Å². The molecule has 1 unspecified atom stereocenters. The van der Waals surface area contributed by atoms with Crippen LogP contribution < -0.4 is 10.9 Å². The minimum atomic E-state index is -0.510. The standard InChI is InChI=1S/C21H22FN3O2S/c1-3-4-12-25-20(27)17-10-5-6-11-18(17)24-21(25)28-14(2)19(26)23-16-9-7-8-15(22)13-16/h5-11,13-14H,3-4,12H2,1-2H3,(H,23,26). The fourth-order valence-corrected chi connectivity index (χ4v) is 3.71. The summed E-state index contributed by atoms with van der Waals surface area (Å²) in [4.78, 5) is 30.1. The monoisotopic (exact) mass is 399 g/mol. The third-order valence-electron chi connectivity index (χ3n) is 4.31. The van der Waals surface area contributed by atoms with Gasteiger partial charge in [0.15, 0.2) is 5.16 Å². The summed E-state index contributed by atoms with van der Waals surface area (Å²) in [6, 6.07) is 13.0. The molecule has 0 radical (unpaired) electrons. The minimum absolute atomic E-state index is 0.0979. The van der Waals surface area contributed by atoms with Crippen molar-refractivity contribution in [2.24, 2.45) is 0 Å². The summed E-state index contributed by atoms with van der Waals surface area (Å²) in [7, 11) is 0. The van der Waals surface area contributed by atoms with Gasteiger partial charge >= 0.3 is 0 Å². The lowest BCUT2D eigenvalue weighted by atomic mass is 10.2. The van der Waals surface area contributed by atoms with E-state index in [4.69, 9.17) is 0 Å². The van der Waals surface area contributed by atoms with Gasteiger partial charge in [-0.05, 0) is 43.7 Å². The zero-order valence-electron chi connectivity index (χ0n) is 15.8. The number of carbonyl (C=O) groups excluding carboxylic acids is 1. The molecule has 0 aliphatic rings. The molecule has 7 heteroatoms. The van der Waals surface area contributed by atoms with E-state index in [1.165, 1.54) is 30.0 Å². The Balaban J connectivity index is 1.87. The number of unbranched alkanes of at least 4 members (excludes halogenated alkanes) is 1. The van der Waals surface area contributed by atoms with Gasteiger partial charge in [-0.2, -0.15) is 0 Å². The van der Waals surface area contributed by atoms with Gasteiger partial charge in [-0.15, -0.1) is 0 Å². The normalized spacial score (nSPS) is 12.1. The number of fused-ring (bicyclic) bond motifs is 1. The van der Waals surface area contributed by atoms with Crippen LogP contribution in [0.15, 0.2) is 58.5 Å². The van der Waals surface area contributed by atoms with Crippen LogP contribution in [-0.2, 0) is 11.3 Å². The topological polar surface area (TPSA) is 64.0 Å². The van der Waals surface area contributed by atoms with Gasteiger partial charge < -0.3 is 5.32 Å². The predicted molar refractivity (Wildman–Crippen MR) is 111 cm³/mol.